The van der Waals surface area contributed by atoms with Gasteiger partial charge in [-0.1, -0.05) is 46.6 Å². The van der Waals surface area contributed by atoms with Crippen LogP contribution in [0, 0.1) is 11.7 Å². The molecule has 0 amide bonds. The average molecular weight is 440 g/mol. The molecule has 29 heavy (non-hydrogen) atoms. The monoisotopic (exact) mass is 439 g/mol. The molecular weight excluding hydrogens is 420 g/mol. The third-order valence-corrected chi connectivity index (χ3v) is 4.58. The maximum Gasteiger partial charge on any atom is 0.316 e. The first-order chi connectivity index (χ1) is 13.9. The molecule has 0 heterocycles. The first-order valence-corrected chi connectivity index (χ1v) is 9.67. The van der Waals surface area contributed by atoms with Crippen molar-refractivity contribution in [3.63, 3.8) is 0 Å². The van der Waals surface area contributed by atoms with Crippen molar-refractivity contribution < 1.29 is 23.6 Å². The molecule has 0 saturated carbocycles. The lowest BCUT2D eigenvalue weighted by Crippen LogP contribution is -2.28. The normalized spacial score (nSPS) is 12.0. The Morgan fingerprint density at radius 1 is 1.17 bits per heavy atom. The lowest BCUT2D eigenvalue weighted by atomic mass is 9.94. The van der Waals surface area contributed by atoms with Gasteiger partial charge in [0.15, 0.2) is 5.78 Å². The van der Waals surface area contributed by atoms with Gasteiger partial charge in [-0.25, -0.2) is 4.39 Å². The van der Waals surface area contributed by atoms with Gasteiger partial charge >= 0.3 is 5.97 Å². The Kier molecular flexibility index (Phi) is 9.09. The fraction of sp³-hybridized carbons (Fsp3) is 0.286. The summed E-state index contributed by atoms with van der Waals surface area (Å²) in [6.45, 7) is 1.93. The molecule has 8 heteroatoms. The molecule has 0 radical (unpaired) electrons. The van der Waals surface area contributed by atoms with E-state index in [-0.39, 0.29) is 31.8 Å². The number of benzene rings is 2. The standard InChI is InChI=1S/C21H20Cl2FNO4/c1-2-28-21(27)18(11-14-3-7-17(24)8-4-14)20(26)9-10-25-29-13-15-5-6-16(22)12-19(15)23/h3-8,10,12,18H,2,9,11,13H2,1H3/b25-10-/t18-/m1/s1. The largest absolute Gasteiger partial charge is 0.465 e. The summed E-state index contributed by atoms with van der Waals surface area (Å²) in [5, 5.41) is 4.70. The van der Waals surface area contributed by atoms with Crippen LogP contribution in [0.25, 0.3) is 0 Å². The van der Waals surface area contributed by atoms with E-state index in [1.54, 1.807) is 25.1 Å². The van der Waals surface area contributed by atoms with Gasteiger partial charge in [-0.05, 0) is 43.2 Å². The van der Waals surface area contributed by atoms with Crippen molar-refractivity contribution in [2.45, 2.75) is 26.4 Å². The molecule has 5 nitrogen and oxygen atoms in total. The Hall–Kier alpha value is -2.44. The molecule has 0 aliphatic carbocycles. The van der Waals surface area contributed by atoms with E-state index in [2.05, 4.69) is 5.16 Å². The lowest BCUT2D eigenvalue weighted by Gasteiger charge is -2.13. The highest BCUT2D eigenvalue weighted by Crippen LogP contribution is 2.21. The predicted octanol–water partition coefficient (Wildman–Crippen LogP) is 5.02. The second-order valence-corrected chi connectivity index (χ2v) is 6.95. The summed E-state index contributed by atoms with van der Waals surface area (Å²) in [4.78, 5) is 29.8. The minimum Gasteiger partial charge on any atom is -0.465 e. The van der Waals surface area contributed by atoms with E-state index in [9.17, 15) is 14.0 Å². The summed E-state index contributed by atoms with van der Waals surface area (Å²) in [6.07, 6.45) is 1.29. The summed E-state index contributed by atoms with van der Waals surface area (Å²) in [7, 11) is 0. The van der Waals surface area contributed by atoms with Crippen LogP contribution in [0.15, 0.2) is 47.6 Å². The van der Waals surface area contributed by atoms with Crippen LogP contribution in [0.2, 0.25) is 10.0 Å². The number of nitrogens with zero attached hydrogens (tertiary/aromatic N) is 1. The summed E-state index contributed by atoms with van der Waals surface area (Å²) in [5.74, 6) is -2.39. The van der Waals surface area contributed by atoms with Crippen molar-refractivity contribution in [1.82, 2.24) is 0 Å². The minimum absolute atomic E-state index is 0.109. The number of rotatable bonds is 10. The zero-order valence-electron chi connectivity index (χ0n) is 15.7. The van der Waals surface area contributed by atoms with Gasteiger partial charge in [0.2, 0.25) is 0 Å². The molecular formula is C21H20Cl2FNO4. The van der Waals surface area contributed by atoms with Gasteiger partial charge in [-0.2, -0.15) is 0 Å². The Labute approximate surface area is 178 Å². The van der Waals surface area contributed by atoms with E-state index < -0.39 is 17.7 Å². The van der Waals surface area contributed by atoms with Crippen molar-refractivity contribution in [3.05, 3.63) is 69.5 Å². The second-order valence-electron chi connectivity index (χ2n) is 6.10. The van der Waals surface area contributed by atoms with E-state index in [1.165, 1.54) is 30.5 Å². The average Bonchev–Trinajstić information content (AvgIpc) is 2.68. The van der Waals surface area contributed by atoms with Crippen molar-refractivity contribution in [2.24, 2.45) is 11.1 Å². The number of carbonyl (C=O) groups is 2. The third-order valence-electron chi connectivity index (χ3n) is 3.99. The van der Waals surface area contributed by atoms with Gasteiger partial charge < -0.3 is 9.57 Å². The Balaban J connectivity index is 1.93. The van der Waals surface area contributed by atoms with Crippen LogP contribution in [-0.4, -0.2) is 24.6 Å². The Morgan fingerprint density at radius 2 is 1.90 bits per heavy atom. The summed E-state index contributed by atoms with van der Waals surface area (Å²) >= 11 is 11.9. The topological polar surface area (TPSA) is 65.0 Å². The smallest absolute Gasteiger partial charge is 0.316 e. The van der Waals surface area contributed by atoms with Gasteiger partial charge in [0.1, 0.15) is 18.3 Å². The number of carbonyl (C=O) groups excluding carboxylic acids is 2. The lowest BCUT2D eigenvalue weighted by molar-refractivity contribution is -0.151. The quantitative estimate of drug-likeness (QED) is 0.225. The van der Waals surface area contributed by atoms with Crippen LogP contribution in [0.3, 0.4) is 0 Å². The van der Waals surface area contributed by atoms with Crippen LogP contribution in [0.5, 0.6) is 0 Å². The van der Waals surface area contributed by atoms with Crippen LogP contribution in [-0.2, 0) is 32.2 Å². The first-order valence-electron chi connectivity index (χ1n) is 8.92. The number of esters is 1. The molecule has 0 aliphatic heterocycles. The predicted molar refractivity (Wildman–Crippen MR) is 110 cm³/mol. The SMILES string of the molecule is CCOC(=O)[C@H](Cc1ccc(F)cc1)C(=O)C/C=N\OCc1ccc(Cl)cc1Cl. The fourth-order valence-corrected chi connectivity index (χ4v) is 2.96. The molecule has 0 saturated heterocycles. The van der Waals surface area contributed by atoms with Crippen molar-refractivity contribution in [1.29, 1.82) is 0 Å². The molecule has 0 spiro atoms. The molecule has 2 rings (SSSR count). The van der Waals surface area contributed by atoms with Crippen LogP contribution < -0.4 is 0 Å². The highest BCUT2D eigenvalue weighted by atomic mass is 35.5. The van der Waals surface area contributed by atoms with Crippen molar-refractivity contribution in [3.8, 4) is 0 Å². The molecule has 0 N–H and O–H groups in total. The van der Waals surface area contributed by atoms with E-state index >= 15 is 0 Å². The number of ether oxygens (including phenoxy) is 1. The molecule has 154 valence electrons. The van der Waals surface area contributed by atoms with E-state index in [0.29, 0.717) is 21.2 Å². The molecule has 0 bridgehead atoms. The highest BCUT2D eigenvalue weighted by molar-refractivity contribution is 6.35. The maximum atomic E-state index is 13.1. The van der Waals surface area contributed by atoms with Crippen LogP contribution in [0.1, 0.15) is 24.5 Å². The van der Waals surface area contributed by atoms with Crippen molar-refractivity contribution >= 4 is 41.2 Å². The van der Waals surface area contributed by atoms with Gasteiger partial charge in [-0.3, -0.25) is 9.59 Å². The number of Topliss-reactive ketones (excluding diaryl/α,β-unsaturated/α-hetero) is 1. The number of hydrogen-bond acceptors (Lipinski definition) is 5. The van der Waals surface area contributed by atoms with Crippen LogP contribution in [0.4, 0.5) is 4.39 Å². The zero-order valence-corrected chi connectivity index (χ0v) is 17.3. The summed E-state index contributed by atoms with van der Waals surface area (Å²) in [6, 6.07) is 10.6. The number of hydrogen-bond donors (Lipinski definition) is 0. The fourth-order valence-electron chi connectivity index (χ4n) is 2.50. The number of ketones is 1. The van der Waals surface area contributed by atoms with Gasteiger partial charge in [0.05, 0.1) is 12.8 Å². The molecule has 0 unspecified atom stereocenters. The zero-order chi connectivity index (χ0) is 21.2. The summed E-state index contributed by atoms with van der Waals surface area (Å²) in [5.41, 5.74) is 1.35. The highest BCUT2D eigenvalue weighted by Gasteiger charge is 2.27. The molecule has 0 aliphatic rings. The second kappa shape index (κ2) is 11.5. The Morgan fingerprint density at radius 3 is 2.55 bits per heavy atom. The molecule has 0 aromatic heterocycles. The van der Waals surface area contributed by atoms with Crippen LogP contribution >= 0.6 is 23.2 Å². The van der Waals surface area contributed by atoms with Gasteiger partial charge in [0, 0.05) is 22.0 Å². The molecule has 2 aromatic rings. The minimum atomic E-state index is -1.00. The molecule has 2 aromatic carbocycles. The van der Waals surface area contributed by atoms with E-state index in [0.717, 1.165) is 0 Å². The third kappa shape index (κ3) is 7.48. The molecule has 0 fully saturated rings. The summed E-state index contributed by atoms with van der Waals surface area (Å²) < 4.78 is 18.1. The first kappa shape index (κ1) is 22.8. The maximum absolute atomic E-state index is 13.1. The van der Waals surface area contributed by atoms with E-state index in [1.807, 2.05) is 0 Å². The van der Waals surface area contributed by atoms with Gasteiger partial charge in [0.25, 0.3) is 0 Å². The Bertz CT molecular complexity index is 871. The number of halogens is 3. The molecule has 1 atom stereocenters. The van der Waals surface area contributed by atoms with Gasteiger partial charge in [-0.15, -0.1) is 0 Å². The van der Waals surface area contributed by atoms with E-state index in [4.69, 9.17) is 32.8 Å². The number of oxime groups is 1. The van der Waals surface area contributed by atoms with Crippen molar-refractivity contribution in [2.75, 3.05) is 6.61 Å².